The molecule has 28 heavy (non-hydrogen) atoms. The largest absolute Gasteiger partial charge is 0.475 e. The summed E-state index contributed by atoms with van der Waals surface area (Å²) in [4.78, 5) is 15.5. The van der Waals surface area contributed by atoms with Gasteiger partial charge in [0, 0.05) is 28.9 Å². The molecule has 0 radical (unpaired) electrons. The standard InChI is InChI=1S/C21H14Cl2N2O3/c22-17-7-5-14(9-18(17)23)24-10-13-11-25(19-4-2-1-3-16(13)19)12-15-6-8-20(28-15)21(26)27/h1-11H,12H2,(H,26,27). The number of hydrogen-bond acceptors (Lipinski definition) is 3. The molecular formula is C21H14Cl2N2O3. The molecule has 1 N–H and O–H groups in total. The minimum absolute atomic E-state index is 0.0761. The maximum Gasteiger partial charge on any atom is 0.371 e. The van der Waals surface area contributed by atoms with E-state index in [1.165, 1.54) is 6.07 Å². The maximum absolute atomic E-state index is 11.0. The van der Waals surface area contributed by atoms with Crippen molar-refractivity contribution in [1.29, 1.82) is 0 Å². The highest BCUT2D eigenvalue weighted by Gasteiger charge is 2.12. The Morgan fingerprint density at radius 3 is 2.68 bits per heavy atom. The van der Waals surface area contributed by atoms with Crippen molar-refractivity contribution in [3.05, 3.63) is 87.9 Å². The van der Waals surface area contributed by atoms with Crippen LogP contribution >= 0.6 is 23.2 Å². The highest BCUT2D eigenvalue weighted by molar-refractivity contribution is 6.42. The summed E-state index contributed by atoms with van der Waals surface area (Å²) in [7, 11) is 0. The van der Waals surface area contributed by atoms with Crippen molar-refractivity contribution in [2.24, 2.45) is 4.99 Å². The monoisotopic (exact) mass is 412 g/mol. The molecular weight excluding hydrogens is 399 g/mol. The molecule has 4 rings (SSSR count). The smallest absolute Gasteiger partial charge is 0.371 e. The van der Waals surface area contributed by atoms with Crippen molar-refractivity contribution < 1.29 is 14.3 Å². The number of halogens is 2. The Balaban J connectivity index is 1.68. The minimum atomic E-state index is -1.09. The SMILES string of the molecule is O=C(O)c1ccc(Cn2cc(C=Nc3ccc(Cl)c(Cl)c3)c3ccccc32)o1. The van der Waals surface area contributed by atoms with Crippen molar-refractivity contribution >= 4 is 52.0 Å². The lowest BCUT2D eigenvalue weighted by Crippen LogP contribution is -1.97. The first-order chi connectivity index (χ1) is 13.5. The minimum Gasteiger partial charge on any atom is -0.475 e. The molecule has 0 aliphatic heterocycles. The van der Waals surface area contributed by atoms with Gasteiger partial charge in [-0.1, -0.05) is 41.4 Å². The summed E-state index contributed by atoms with van der Waals surface area (Å²) >= 11 is 12.0. The topological polar surface area (TPSA) is 67.7 Å². The number of furan rings is 1. The molecule has 4 aromatic rings. The van der Waals surface area contributed by atoms with Gasteiger partial charge in [-0.25, -0.2) is 4.79 Å². The summed E-state index contributed by atoms with van der Waals surface area (Å²) in [5.74, 6) is -0.600. The van der Waals surface area contributed by atoms with Crippen LogP contribution in [0.1, 0.15) is 21.9 Å². The first-order valence-electron chi connectivity index (χ1n) is 8.40. The Morgan fingerprint density at radius 2 is 1.93 bits per heavy atom. The van der Waals surface area contributed by atoms with Crippen molar-refractivity contribution in [2.45, 2.75) is 6.54 Å². The normalized spacial score (nSPS) is 11.5. The van der Waals surface area contributed by atoms with Crippen LogP contribution in [0.5, 0.6) is 0 Å². The van der Waals surface area contributed by atoms with E-state index in [4.69, 9.17) is 32.7 Å². The zero-order valence-electron chi connectivity index (χ0n) is 14.5. The molecule has 0 saturated carbocycles. The molecule has 0 amide bonds. The molecule has 2 aromatic heterocycles. The van der Waals surface area contributed by atoms with Crippen LogP contribution in [0.25, 0.3) is 10.9 Å². The average Bonchev–Trinajstić information content (AvgIpc) is 3.29. The van der Waals surface area contributed by atoms with E-state index in [9.17, 15) is 4.79 Å². The fraction of sp³-hybridized carbons (Fsp3) is 0.0476. The number of aliphatic imine (C=N–C) groups is 1. The van der Waals surface area contributed by atoms with Gasteiger partial charge in [-0.05, 0) is 36.4 Å². The number of nitrogens with zero attached hydrogens (tertiary/aromatic N) is 2. The number of benzene rings is 2. The van der Waals surface area contributed by atoms with Crippen molar-refractivity contribution in [1.82, 2.24) is 4.57 Å². The molecule has 140 valence electrons. The van der Waals surface area contributed by atoms with Gasteiger partial charge in [-0.2, -0.15) is 0 Å². The van der Waals surface area contributed by atoms with Gasteiger partial charge in [-0.3, -0.25) is 4.99 Å². The van der Waals surface area contributed by atoms with Crippen LogP contribution in [0.4, 0.5) is 5.69 Å². The zero-order valence-corrected chi connectivity index (χ0v) is 16.0. The molecule has 2 aromatic carbocycles. The molecule has 7 heteroatoms. The van der Waals surface area contributed by atoms with Crippen LogP contribution in [-0.4, -0.2) is 21.9 Å². The van der Waals surface area contributed by atoms with Gasteiger partial charge in [0.25, 0.3) is 0 Å². The molecule has 0 spiro atoms. The summed E-state index contributed by atoms with van der Waals surface area (Å²) < 4.78 is 7.38. The van der Waals surface area contributed by atoms with E-state index in [2.05, 4.69) is 4.99 Å². The third kappa shape index (κ3) is 3.67. The number of hydrogen-bond donors (Lipinski definition) is 1. The molecule has 2 heterocycles. The third-order valence-electron chi connectivity index (χ3n) is 4.27. The van der Waals surface area contributed by atoms with Gasteiger partial charge in [0.05, 0.1) is 22.3 Å². The van der Waals surface area contributed by atoms with E-state index >= 15 is 0 Å². The predicted octanol–water partition coefficient (Wildman–Crippen LogP) is 6.04. The van der Waals surface area contributed by atoms with Crippen LogP contribution in [0.15, 0.2) is 70.2 Å². The first kappa shape index (κ1) is 18.3. The number of carboxylic acid groups (broad SMARTS) is 1. The molecule has 0 saturated heterocycles. The van der Waals surface area contributed by atoms with E-state index in [-0.39, 0.29) is 5.76 Å². The lowest BCUT2D eigenvalue weighted by Gasteiger charge is -2.02. The van der Waals surface area contributed by atoms with Crippen LogP contribution in [0, 0.1) is 0 Å². The molecule has 0 aliphatic carbocycles. The summed E-state index contributed by atoms with van der Waals surface area (Å²) in [6.45, 7) is 0.411. The molecule has 0 bridgehead atoms. The second kappa shape index (κ2) is 7.54. The van der Waals surface area contributed by atoms with Crippen LogP contribution < -0.4 is 0 Å². The van der Waals surface area contributed by atoms with E-state index < -0.39 is 5.97 Å². The second-order valence-corrected chi connectivity index (χ2v) is 6.97. The van der Waals surface area contributed by atoms with Gasteiger partial charge in [0.1, 0.15) is 5.76 Å². The number of carboxylic acids is 1. The highest BCUT2D eigenvalue weighted by Crippen LogP contribution is 2.27. The van der Waals surface area contributed by atoms with Crippen LogP contribution in [0.3, 0.4) is 0 Å². The second-order valence-electron chi connectivity index (χ2n) is 6.16. The van der Waals surface area contributed by atoms with Crippen molar-refractivity contribution in [2.75, 3.05) is 0 Å². The Labute approximate surface area is 170 Å². The fourth-order valence-corrected chi connectivity index (χ4v) is 3.26. The molecule has 0 atom stereocenters. The number of fused-ring (bicyclic) bond motifs is 1. The fourth-order valence-electron chi connectivity index (χ4n) is 2.96. The van der Waals surface area contributed by atoms with E-state index in [0.717, 1.165) is 16.5 Å². The van der Waals surface area contributed by atoms with E-state index in [1.54, 1.807) is 30.5 Å². The zero-order chi connectivity index (χ0) is 19.7. The summed E-state index contributed by atoms with van der Waals surface area (Å²) in [6, 6.07) is 16.2. The molecule has 0 unspecified atom stereocenters. The molecule has 5 nitrogen and oxygen atoms in total. The van der Waals surface area contributed by atoms with Gasteiger partial charge in [0.15, 0.2) is 0 Å². The van der Waals surface area contributed by atoms with Crippen molar-refractivity contribution in [3.63, 3.8) is 0 Å². The molecule has 0 fully saturated rings. The van der Waals surface area contributed by atoms with Gasteiger partial charge >= 0.3 is 5.97 Å². The highest BCUT2D eigenvalue weighted by atomic mass is 35.5. The Hall–Kier alpha value is -3.02. The Bertz CT molecular complexity index is 1210. The number of para-hydroxylation sites is 1. The lowest BCUT2D eigenvalue weighted by molar-refractivity contribution is 0.0660. The molecule has 0 aliphatic rings. The van der Waals surface area contributed by atoms with E-state index in [0.29, 0.717) is 28.0 Å². The van der Waals surface area contributed by atoms with Gasteiger partial charge in [0.2, 0.25) is 5.76 Å². The van der Waals surface area contributed by atoms with Crippen LogP contribution in [-0.2, 0) is 6.54 Å². The third-order valence-corrected chi connectivity index (χ3v) is 5.01. The lowest BCUT2D eigenvalue weighted by atomic mass is 10.2. The number of aromatic carboxylic acids is 1. The Kier molecular flexibility index (Phi) is 4.94. The Morgan fingerprint density at radius 1 is 1.11 bits per heavy atom. The predicted molar refractivity (Wildman–Crippen MR) is 110 cm³/mol. The summed E-state index contributed by atoms with van der Waals surface area (Å²) in [5, 5.41) is 11.0. The summed E-state index contributed by atoms with van der Waals surface area (Å²) in [6.07, 6.45) is 3.72. The number of rotatable bonds is 5. The summed E-state index contributed by atoms with van der Waals surface area (Å²) in [5.41, 5.74) is 2.61. The first-order valence-corrected chi connectivity index (χ1v) is 9.16. The van der Waals surface area contributed by atoms with E-state index in [1.807, 2.05) is 35.0 Å². The average molecular weight is 413 g/mol. The van der Waals surface area contributed by atoms with Gasteiger partial charge in [-0.15, -0.1) is 0 Å². The van der Waals surface area contributed by atoms with Crippen LogP contribution in [0.2, 0.25) is 10.0 Å². The number of aromatic nitrogens is 1. The maximum atomic E-state index is 11.0. The van der Waals surface area contributed by atoms with Gasteiger partial charge < -0.3 is 14.1 Å². The number of carbonyl (C=O) groups is 1. The van der Waals surface area contributed by atoms with Crippen molar-refractivity contribution in [3.8, 4) is 0 Å². The quantitative estimate of drug-likeness (QED) is 0.406.